The normalized spacial score (nSPS) is 25.5. The van der Waals surface area contributed by atoms with Crippen molar-refractivity contribution in [3.63, 3.8) is 0 Å². The predicted octanol–water partition coefficient (Wildman–Crippen LogP) is 4.01. The molecule has 2 rings (SSSR count). The SMILES string of the molecule is CSc1ccc(N[C@H]2CC[C@@H](C)C2)cc1. The van der Waals surface area contributed by atoms with Crippen LogP contribution in [-0.2, 0) is 0 Å². The van der Waals surface area contributed by atoms with E-state index in [-0.39, 0.29) is 0 Å². The number of hydrogen-bond donors (Lipinski definition) is 1. The zero-order chi connectivity index (χ0) is 10.7. The Morgan fingerprint density at radius 2 is 1.93 bits per heavy atom. The molecule has 1 aromatic carbocycles. The topological polar surface area (TPSA) is 12.0 Å². The molecule has 0 aliphatic heterocycles. The van der Waals surface area contributed by atoms with Crippen molar-refractivity contribution in [1.29, 1.82) is 0 Å². The standard InChI is InChI=1S/C13H19NS/c1-10-3-4-12(9-10)14-11-5-7-13(15-2)8-6-11/h5-8,10,12,14H,3-4,9H2,1-2H3/t10-,12+/m1/s1. The average molecular weight is 221 g/mol. The van der Waals surface area contributed by atoms with E-state index in [1.807, 2.05) is 0 Å². The van der Waals surface area contributed by atoms with Crippen molar-refractivity contribution in [2.24, 2.45) is 5.92 Å². The Balaban J connectivity index is 1.93. The summed E-state index contributed by atoms with van der Waals surface area (Å²) in [5, 5.41) is 3.61. The maximum absolute atomic E-state index is 3.61. The van der Waals surface area contributed by atoms with E-state index < -0.39 is 0 Å². The van der Waals surface area contributed by atoms with Gasteiger partial charge in [0.1, 0.15) is 0 Å². The third-order valence-corrected chi connectivity index (χ3v) is 3.90. The fraction of sp³-hybridized carbons (Fsp3) is 0.538. The van der Waals surface area contributed by atoms with Gasteiger partial charge in [0, 0.05) is 16.6 Å². The lowest BCUT2D eigenvalue weighted by Crippen LogP contribution is -2.14. The first-order valence-electron chi connectivity index (χ1n) is 5.68. The van der Waals surface area contributed by atoms with Gasteiger partial charge in [-0.1, -0.05) is 6.92 Å². The highest BCUT2D eigenvalue weighted by atomic mass is 32.2. The minimum Gasteiger partial charge on any atom is -0.382 e. The molecule has 0 aromatic heterocycles. The van der Waals surface area contributed by atoms with Crippen molar-refractivity contribution >= 4 is 17.4 Å². The molecular weight excluding hydrogens is 202 g/mol. The van der Waals surface area contributed by atoms with Crippen LogP contribution in [0.2, 0.25) is 0 Å². The summed E-state index contributed by atoms with van der Waals surface area (Å²) in [6.45, 7) is 2.35. The van der Waals surface area contributed by atoms with Crippen molar-refractivity contribution in [2.75, 3.05) is 11.6 Å². The van der Waals surface area contributed by atoms with Gasteiger partial charge in [-0.25, -0.2) is 0 Å². The summed E-state index contributed by atoms with van der Waals surface area (Å²) in [5.74, 6) is 0.896. The van der Waals surface area contributed by atoms with Crippen molar-refractivity contribution in [3.8, 4) is 0 Å². The van der Waals surface area contributed by atoms with Crippen LogP contribution in [0.4, 0.5) is 5.69 Å². The minimum absolute atomic E-state index is 0.695. The van der Waals surface area contributed by atoms with Crippen LogP contribution in [-0.4, -0.2) is 12.3 Å². The van der Waals surface area contributed by atoms with Crippen LogP contribution in [0, 0.1) is 5.92 Å². The number of anilines is 1. The summed E-state index contributed by atoms with van der Waals surface area (Å²) < 4.78 is 0. The lowest BCUT2D eigenvalue weighted by Gasteiger charge is -2.14. The molecule has 0 bridgehead atoms. The smallest absolute Gasteiger partial charge is 0.0343 e. The van der Waals surface area contributed by atoms with Crippen LogP contribution in [0.15, 0.2) is 29.2 Å². The molecule has 1 nitrogen and oxygen atoms in total. The Bertz CT molecular complexity index is 307. The van der Waals surface area contributed by atoms with Crippen molar-refractivity contribution < 1.29 is 0 Å². The molecule has 2 heteroatoms. The second-order valence-corrected chi connectivity index (χ2v) is 5.37. The molecule has 1 N–H and O–H groups in total. The maximum Gasteiger partial charge on any atom is 0.0343 e. The number of hydrogen-bond acceptors (Lipinski definition) is 2. The van der Waals surface area contributed by atoms with Crippen LogP contribution >= 0.6 is 11.8 Å². The Labute approximate surface area is 96.7 Å². The molecule has 82 valence electrons. The molecule has 0 radical (unpaired) electrons. The van der Waals surface area contributed by atoms with Gasteiger partial charge in [0.25, 0.3) is 0 Å². The van der Waals surface area contributed by atoms with Gasteiger partial charge in [0.2, 0.25) is 0 Å². The summed E-state index contributed by atoms with van der Waals surface area (Å²) in [7, 11) is 0. The van der Waals surface area contributed by atoms with E-state index in [0.29, 0.717) is 6.04 Å². The Morgan fingerprint density at radius 1 is 1.20 bits per heavy atom. The minimum atomic E-state index is 0.695. The van der Waals surface area contributed by atoms with Gasteiger partial charge in [-0.3, -0.25) is 0 Å². The van der Waals surface area contributed by atoms with Gasteiger partial charge in [-0.05, 0) is 55.7 Å². The van der Waals surface area contributed by atoms with Gasteiger partial charge in [0.15, 0.2) is 0 Å². The summed E-state index contributed by atoms with van der Waals surface area (Å²) in [6.07, 6.45) is 6.14. The fourth-order valence-electron chi connectivity index (χ4n) is 2.26. The van der Waals surface area contributed by atoms with E-state index in [9.17, 15) is 0 Å². The third kappa shape index (κ3) is 2.91. The highest BCUT2D eigenvalue weighted by molar-refractivity contribution is 7.98. The fourth-order valence-corrected chi connectivity index (χ4v) is 2.67. The van der Waals surface area contributed by atoms with Crippen LogP contribution in [0.1, 0.15) is 26.2 Å². The second-order valence-electron chi connectivity index (χ2n) is 4.49. The highest BCUT2D eigenvalue weighted by Gasteiger charge is 2.20. The lowest BCUT2D eigenvalue weighted by molar-refractivity contribution is 0.602. The lowest BCUT2D eigenvalue weighted by atomic mass is 10.1. The largest absolute Gasteiger partial charge is 0.382 e. The predicted molar refractivity (Wildman–Crippen MR) is 68.6 cm³/mol. The first-order chi connectivity index (χ1) is 7.28. The van der Waals surface area contributed by atoms with E-state index in [1.165, 1.54) is 29.8 Å². The van der Waals surface area contributed by atoms with Gasteiger partial charge >= 0.3 is 0 Å². The summed E-state index contributed by atoms with van der Waals surface area (Å²) in [5.41, 5.74) is 1.27. The molecule has 1 saturated carbocycles. The van der Waals surface area contributed by atoms with E-state index in [0.717, 1.165) is 5.92 Å². The van der Waals surface area contributed by atoms with Crippen LogP contribution in [0.3, 0.4) is 0 Å². The van der Waals surface area contributed by atoms with Gasteiger partial charge in [-0.15, -0.1) is 11.8 Å². The molecule has 0 heterocycles. The molecule has 2 atom stereocenters. The van der Waals surface area contributed by atoms with Gasteiger partial charge in [-0.2, -0.15) is 0 Å². The van der Waals surface area contributed by atoms with Gasteiger partial charge in [0.05, 0.1) is 0 Å². The van der Waals surface area contributed by atoms with Crippen LogP contribution < -0.4 is 5.32 Å². The Morgan fingerprint density at radius 3 is 2.47 bits per heavy atom. The molecule has 1 aromatic rings. The number of nitrogens with one attached hydrogen (secondary N) is 1. The first kappa shape index (κ1) is 10.9. The van der Waals surface area contributed by atoms with Crippen molar-refractivity contribution in [3.05, 3.63) is 24.3 Å². The number of benzene rings is 1. The Hall–Kier alpha value is -0.630. The quantitative estimate of drug-likeness (QED) is 0.774. The molecule has 0 amide bonds. The first-order valence-corrected chi connectivity index (χ1v) is 6.91. The summed E-state index contributed by atoms with van der Waals surface area (Å²) in [4.78, 5) is 1.33. The zero-order valence-electron chi connectivity index (χ0n) is 9.49. The molecule has 1 fully saturated rings. The third-order valence-electron chi connectivity index (χ3n) is 3.16. The van der Waals surface area contributed by atoms with Crippen LogP contribution in [0.25, 0.3) is 0 Å². The molecule has 0 saturated heterocycles. The van der Waals surface area contributed by atoms with E-state index >= 15 is 0 Å². The number of rotatable bonds is 3. The highest BCUT2D eigenvalue weighted by Crippen LogP contribution is 2.28. The molecule has 0 spiro atoms. The summed E-state index contributed by atoms with van der Waals surface area (Å²) in [6, 6.07) is 9.44. The molecule has 1 aliphatic carbocycles. The average Bonchev–Trinajstić information content (AvgIpc) is 2.65. The second kappa shape index (κ2) is 4.93. The van der Waals surface area contributed by atoms with E-state index in [2.05, 4.69) is 42.8 Å². The van der Waals surface area contributed by atoms with Crippen LogP contribution in [0.5, 0.6) is 0 Å². The van der Waals surface area contributed by atoms with Crippen molar-refractivity contribution in [2.45, 2.75) is 37.1 Å². The molecule has 0 unspecified atom stereocenters. The molecule has 1 aliphatic rings. The molecular formula is C13H19NS. The van der Waals surface area contributed by atoms with E-state index in [1.54, 1.807) is 11.8 Å². The summed E-state index contributed by atoms with van der Waals surface area (Å²) >= 11 is 1.79. The zero-order valence-corrected chi connectivity index (χ0v) is 10.3. The van der Waals surface area contributed by atoms with Crippen molar-refractivity contribution in [1.82, 2.24) is 0 Å². The maximum atomic E-state index is 3.61. The van der Waals surface area contributed by atoms with Gasteiger partial charge < -0.3 is 5.32 Å². The van der Waals surface area contributed by atoms with E-state index in [4.69, 9.17) is 0 Å². The Kier molecular flexibility index (Phi) is 3.57. The monoisotopic (exact) mass is 221 g/mol. The number of thioether (sulfide) groups is 1. The molecule has 15 heavy (non-hydrogen) atoms.